The number of hydrogen-bond donors (Lipinski definition) is 0. The van der Waals surface area contributed by atoms with E-state index in [1.54, 1.807) is 0 Å². The van der Waals surface area contributed by atoms with E-state index in [2.05, 4.69) is 47.1 Å². The number of rotatable bonds is 3. The normalized spacial score (nSPS) is 19.6. The van der Waals surface area contributed by atoms with E-state index in [1.165, 1.54) is 11.1 Å². The van der Waals surface area contributed by atoms with Gasteiger partial charge in [0.15, 0.2) is 0 Å². The molecule has 0 atom stereocenters. The number of ether oxygens (including phenoxy) is 1. The SMILES string of the molecule is CCc1ccc(C2(CBr)CCOCC2)cc1. The molecule has 0 saturated carbocycles. The van der Waals surface area contributed by atoms with Crippen molar-refractivity contribution in [3.05, 3.63) is 35.4 Å². The van der Waals surface area contributed by atoms with Gasteiger partial charge in [0.25, 0.3) is 0 Å². The first-order chi connectivity index (χ1) is 7.80. The summed E-state index contributed by atoms with van der Waals surface area (Å²) < 4.78 is 5.47. The molecule has 2 heteroatoms. The van der Waals surface area contributed by atoms with E-state index in [4.69, 9.17) is 4.74 Å². The summed E-state index contributed by atoms with van der Waals surface area (Å²) in [7, 11) is 0. The third-order valence-electron chi connectivity index (χ3n) is 3.68. The molecule has 0 bridgehead atoms. The lowest BCUT2D eigenvalue weighted by molar-refractivity contribution is 0.0584. The fourth-order valence-electron chi connectivity index (χ4n) is 2.36. The van der Waals surface area contributed by atoms with Gasteiger partial charge < -0.3 is 4.74 Å². The monoisotopic (exact) mass is 282 g/mol. The highest BCUT2D eigenvalue weighted by molar-refractivity contribution is 9.09. The predicted molar refractivity (Wildman–Crippen MR) is 71.3 cm³/mol. The quantitative estimate of drug-likeness (QED) is 0.769. The summed E-state index contributed by atoms with van der Waals surface area (Å²) in [5.74, 6) is 0. The van der Waals surface area contributed by atoms with Gasteiger partial charge in [0.2, 0.25) is 0 Å². The van der Waals surface area contributed by atoms with Crippen LogP contribution < -0.4 is 0 Å². The molecule has 1 aromatic carbocycles. The second-order valence-electron chi connectivity index (χ2n) is 4.58. The van der Waals surface area contributed by atoms with Gasteiger partial charge in [-0.05, 0) is 30.4 Å². The van der Waals surface area contributed by atoms with Crippen molar-refractivity contribution in [2.45, 2.75) is 31.6 Å². The molecular weight excluding hydrogens is 264 g/mol. The smallest absolute Gasteiger partial charge is 0.0474 e. The summed E-state index contributed by atoms with van der Waals surface area (Å²) in [5, 5.41) is 1.04. The Kier molecular flexibility index (Phi) is 4.04. The van der Waals surface area contributed by atoms with Gasteiger partial charge in [-0.2, -0.15) is 0 Å². The molecule has 1 aliphatic heterocycles. The van der Waals surface area contributed by atoms with E-state index in [-0.39, 0.29) is 0 Å². The van der Waals surface area contributed by atoms with Crippen LogP contribution in [0, 0.1) is 0 Å². The zero-order valence-electron chi connectivity index (χ0n) is 9.84. The molecule has 1 nitrogen and oxygen atoms in total. The molecule has 0 aliphatic carbocycles. The highest BCUT2D eigenvalue weighted by Crippen LogP contribution is 2.36. The van der Waals surface area contributed by atoms with Crippen LogP contribution in [0.5, 0.6) is 0 Å². The lowest BCUT2D eigenvalue weighted by atomic mass is 9.76. The van der Waals surface area contributed by atoms with Crippen LogP contribution in [-0.4, -0.2) is 18.5 Å². The Hall–Kier alpha value is -0.340. The minimum atomic E-state index is 0.296. The van der Waals surface area contributed by atoms with Gasteiger partial charge in [0, 0.05) is 24.0 Å². The van der Waals surface area contributed by atoms with Crippen LogP contribution in [0.15, 0.2) is 24.3 Å². The Morgan fingerprint density at radius 1 is 1.19 bits per heavy atom. The molecule has 88 valence electrons. The number of hydrogen-bond acceptors (Lipinski definition) is 1. The van der Waals surface area contributed by atoms with Crippen molar-refractivity contribution in [2.75, 3.05) is 18.5 Å². The Morgan fingerprint density at radius 3 is 2.31 bits per heavy atom. The fraction of sp³-hybridized carbons (Fsp3) is 0.571. The topological polar surface area (TPSA) is 9.23 Å². The van der Waals surface area contributed by atoms with Gasteiger partial charge in [-0.1, -0.05) is 47.1 Å². The van der Waals surface area contributed by atoms with Gasteiger partial charge in [-0.3, -0.25) is 0 Å². The van der Waals surface area contributed by atoms with Crippen LogP contribution in [0.3, 0.4) is 0 Å². The minimum absolute atomic E-state index is 0.296. The molecule has 0 radical (unpaired) electrons. The first kappa shape index (κ1) is 12.1. The van der Waals surface area contributed by atoms with Crippen LogP contribution in [0.2, 0.25) is 0 Å². The van der Waals surface area contributed by atoms with Crippen molar-refractivity contribution in [1.29, 1.82) is 0 Å². The third kappa shape index (κ3) is 2.33. The second kappa shape index (κ2) is 5.33. The molecule has 2 rings (SSSR count). The first-order valence-corrected chi connectivity index (χ1v) is 7.16. The van der Waals surface area contributed by atoms with Crippen LogP contribution in [0.4, 0.5) is 0 Å². The maximum atomic E-state index is 5.47. The van der Waals surface area contributed by atoms with Gasteiger partial charge in [0.05, 0.1) is 0 Å². The molecule has 1 fully saturated rings. The van der Waals surface area contributed by atoms with E-state index in [0.29, 0.717) is 5.41 Å². The van der Waals surface area contributed by atoms with Gasteiger partial charge in [0.1, 0.15) is 0 Å². The van der Waals surface area contributed by atoms with Gasteiger partial charge >= 0.3 is 0 Å². The largest absolute Gasteiger partial charge is 0.381 e. The molecule has 16 heavy (non-hydrogen) atoms. The van der Waals surface area contributed by atoms with Gasteiger partial charge in [-0.25, -0.2) is 0 Å². The third-order valence-corrected chi connectivity index (χ3v) is 4.75. The molecule has 0 unspecified atom stereocenters. The highest BCUT2D eigenvalue weighted by Gasteiger charge is 2.33. The summed E-state index contributed by atoms with van der Waals surface area (Å²) >= 11 is 3.68. The summed E-state index contributed by atoms with van der Waals surface area (Å²) in [6.45, 7) is 3.98. The Bertz CT molecular complexity index is 325. The predicted octanol–water partition coefficient (Wildman–Crippen LogP) is 3.69. The average Bonchev–Trinajstić information content (AvgIpc) is 2.39. The molecule has 0 aromatic heterocycles. The minimum Gasteiger partial charge on any atom is -0.381 e. The molecule has 1 saturated heterocycles. The van der Waals surface area contributed by atoms with E-state index in [0.717, 1.165) is 37.8 Å². The average molecular weight is 283 g/mol. The molecule has 0 N–H and O–H groups in total. The Morgan fingerprint density at radius 2 is 1.81 bits per heavy atom. The maximum Gasteiger partial charge on any atom is 0.0474 e. The number of aryl methyl sites for hydroxylation is 1. The molecule has 1 aliphatic rings. The molecular formula is C14H19BrO. The lowest BCUT2D eigenvalue weighted by Crippen LogP contribution is -2.35. The fourth-order valence-corrected chi connectivity index (χ4v) is 3.24. The molecule has 0 amide bonds. The van der Waals surface area contributed by atoms with Gasteiger partial charge in [-0.15, -0.1) is 0 Å². The zero-order chi connectivity index (χ0) is 11.4. The van der Waals surface area contributed by atoms with Crippen molar-refractivity contribution in [3.63, 3.8) is 0 Å². The van der Waals surface area contributed by atoms with E-state index in [9.17, 15) is 0 Å². The first-order valence-electron chi connectivity index (χ1n) is 6.04. The number of halogens is 1. The second-order valence-corrected chi connectivity index (χ2v) is 5.14. The molecule has 0 spiro atoms. The maximum absolute atomic E-state index is 5.47. The van der Waals surface area contributed by atoms with Crippen LogP contribution in [-0.2, 0) is 16.6 Å². The Balaban J connectivity index is 2.24. The van der Waals surface area contributed by atoms with Crippen molar-refractivity contribution in [2.24, 2.45) is 0 Å². The zero-order valence-corrected chi connectivity index (χ0v) is 11.4. The molecule has 1 aromatic rings. The highest BCUT2D eigenvalue weighted by atomic mass is 79.9. The van der Waals surface area contributed by atoms with E-state index >= 15 is 0 Å². The standard InChI is InChI=1S/C14H19BrO/c1-2-12-3-5-13(6-4-12)14(11-15)7-9-16-10-8-14/h3-6H,2,7-11H2,1H3. The van der Waals surface area contributed by atoms with Crippen molar-refractivity contribution in [3.8, 4) is 0 Å². The molecule has 1 heterocycles. The summed E-state index contributed by atoms with van der Waals surface area (Å²) in [4.78, 5) is 0. The summed E-state index contributed by atoms with van der Waals surface area (Å²) in [6.07, 6.45) is 3.37. The number of alkyl halides is 1. The van der Waals surface area contributed by atoms with Crippen LogP contribution in [0.25, 0.3) is 0 Å². The lowest BCUT2D eigenvalue weighted by Gasteiger charge is -2.36. The van der Waals surface area contributed by atoms with E-state index < -0.39 is 0 Å². The van der Waals surface area contributed by atoms with Crippen molar-refractivity contribution >= 4 is 15.9 Å². The van der Waals surface area contributed by atoms with Crippen molar-refractivity contribution in [1.82, 2.24) is 0 Å². The summed E-state index contributed by atoms with van der Waals surface area (Å²) in [5.41, 5.74) is 3.18. The van der Waals surface area contributed by atoms with Crippen LogP contribution >= 0.6 is 15.9 Å². The van der Waals surface area contributed by atoms with Crippen LogP contribution in [0.1, 0.15) is 30.9 Å². The number of benzene rings is 1. The summed E-state index contributed by atoms with van der Waals surface area (Å²) in [6, 6.07) is 9.11. The van der Waals surface area contributed by atoms with Crippen molar-refractivity contribution < 1.29 is 4.74 Å². The van der Waals surface area contributed by atoms with E-state index in [1.807, 2.05) is 0 Å². The Labute approximate surface area is 106 Å².